The summed E-state index contributed by atoms with van der Waals surface area (Å²) in [6.45, 7) is 0. The summed E-state index contributed by atoms with van der Waals surface area (Å²) in [5.74, 6) is 0. The van der Waals surface area contributed by atoms with Gasteiger partial charge in [-0.3, -0.25) is 0 Å². The number of aromatic nitrogens is 1. The van der Waals surface area contributed by atoms with Crippen LogP contribution in [0.2, 0.25) is 0 Å². The predicted octanol–water partition coefficient (Wildman–Crippen LogP) is 10.1. The van der Waals surface area contributed by atoms with Gasteiger partial charge in [0.1, 0.15) is 22.3 Å². The molecule has 0 aliphatic heterocycles. The number of benzene rings is 6. The Balaban J connectivity index is 1.46. The van der Waals surface area contributed by atoms with E-state index in [0.29, 0.717) is 5.56 Å². The van der Waals surface area contributed by atoms with Crippen molar-refractivity contribution in [2.75, 3.05) is 0 Å². The molecule has 6 aromatic carbocycles. The van der Waals surface area contributed by atoms with E-state index in [4.69, 9.17) is 8.83 Å². The zero-order valence-corrected chi connectivity index (χ0v) is 21.8. The second kappa shape index (κ2) is 8.11. The number of hydrogen-bond acceptors (Lipinski definition) is 3. The van der Waals surface area contributed by atoms with Gasteiger partial charge in [0.2, 0.25) is 0 Å². The lowest BCUT2D eigenvalue weighted by Gasteiger charge is -2.16. The molecule has 41 heavy (non-hydrogen) atoms. The summed E-state index contributed by atoms with van der Waals surface area (Å²) < 4.78 is 14.7. The van der Waals surface area contributed by atoms with Crippen LogP contribution in [0.1, 0.15) is 5.56 Å². The summed E-state index contributed by atoms with van der Waals surface area (Å²) in [7, 11) is 0. The fraction of sp³-hybridized carbons (Fsp3) is 0. The fourth-order valence-electron chi connectivity index (χ4n) is 6.52. The quantitative estimate of drug-likeness (QED) is 0.226. The zero-order valence-electron chi connectivity index (χ0n) is 21.8. The monoisotopic (exact) mass is 524 g/mol. The van der Waals surface area contributed by atoms with Gasteiger partial charge in [0, 0.05) is 32.5 Å². The largest absolute Gasteiger partial charge is 0.456 e. The number of para-hydroxylation sites is 3. The summed E-state index contributed by atoms with van der Waals surface area (Å²) in [6.07, 6.45) is 0. The van der Waals surface area contributed by atoms with Crippen LogP contribution in [-0.2, 0) is 0 Å². The normalized spacial score (nSPS) is 11.9. The average molecular weight is 525 g/mol. The highest BCUT2D eigenvalue weighted by Crippen LogP contribution is 2.43. The van der Waals surface area contributed by atoms with Gasteiger partial charge >= 0.3 is 0 Å². The molecule has 9 aromatic rings. The standard InChI is InChI=1S/C37H20N2O2/c38-21-23-8-7-13-30(35(23)22-16-18-33-28(20-22)25-10-2-5-14-31(25)40-33)39-29-12-4-1-9-24(29)26-17-19-34-36(37(26)39)27-11-3-6-15-32(27)41-34/h1-20H. The molecule has 4 nitrogen and oxygen atoms in total. The van der Waals surface area contributed by atoms with Crippen LogP contribution in [0.5, 0.6) is 0 Å². The zero-order chi connectivity index (χ0) is 27.1. The lowest BCUT2D eigenvalue weighted by Crippen LogP contribution is -1.99. The van der Waals surface area contributed by atoms with Crippen LogP contribution in [0.3, 0.4) is 0 Å². The molecular weight excluding hydrogens is 504 g/mol. The van der Waals surface area contributed by atoms with Gasteiger partial charge in [-0.05, 0) is 60.2 Å². The molecule has 0 radical (unpaired) electrons. The molecular formula is C37H20N2O2. The molecule has 3 aromatic heterocycles. The van der Waals surface area contributed by atoms with Crippen LogP contribution in [0.15, 0.2) is 130 Å². The van der Waals surface area contributed by atoms with Gasteiger partial charge in [0.15, 0.2) is 0 Å². The molecule has 0 saturated carbocycles. The second-order valence-electron chi connectivity index (χ2n) is 10.4. The summed E-state index contributed by atoms with van der Waals surface area (Å²) in [5.41, 5.74) is 8.93. The van der Waals surface area contributed by atoms with Crippen LogP contribution >= 0.6 is 0 Å². The first-order valence-electron chi connectivity index (χ1n) is 13.6. The topological polar surface area (TPSA) is 55.0 Å². The summed E-state index contributed by atoms with van der Waals surface area (Å²) in [4.78, 5) is 0. The molecule has 0 aliphatic rings. The third-order valence-corrected chi connectivity index (χ3v) is 8.24. The maximum Gasteiger partial charge on any atom is 0.137 e. The van der Waals surface area contributed by atoms with Gasteiger partial charge in [-0.2, -0.15) is 5.26 Å². The van der Waals surface area contributed by atoms with Crippen molar-refractivity contribution >= 4 is 65.7 Å². The van der Waals surface area contributed by atoms with Crippen molar-refractivity contribution in [3.63, 3.8) is 0 Å². The van der Waals surface area contributed by atoms with Crippen molar-refractivity contribution in [1.82, 2.24) is 4.57 Å². The first kappa shape index (κ1) is 22.1. The Hall–Kier alpha value is -5.79. The first-order chi connectivity index (χ1) is 20.3. The van der Waals surface area contributed by atoms with Crippen molar-refractivity contribution in [2.24, 2.45) is 0 Å². The molecule has 0 saturated heterocycles. The van der Waals surface area contributed by atoms with E-state index in [9.17, 15) is 5.26 Å². The smallest absolute Gasteiger partial charge is 0.137 e. The van der Waals surface area contributed by atoms with Crippen LogP contribution in [-0.4, -0.2) is 4.57 Å². The molecule has 4 heteroatoms. The number of hydrogen-bond donors (Lipinski definition) is 0. The minimum Gasteiger partial charge on any atom is -0.456 e. The first-order valence-corrected chi connectivity index (χ1v) is 13.6. The van der Waals surface area contributed by atoms with Gasteiger partial charge in [0.25, 0.3) is 0 Å². The van der Waals surface area contributed by atoms with Gasteiger partial charge in [-0.15, -0.1) is 0 Å². The molecule has 0 bridgehead atoms. The fourth-order valence-corrected chi connectivity index (χ4v) is 6.52. The van der Waals surface area contributed by atoms with Crippen LogP contribution in [0.4, 0.5) is 0 Å². The number of fused-ring (bicyclic) bond motifs is 10. The van der Waals surface area contributed by atoms with Gasteiger partial charge < -0.3 is 13.4 Å². The summed E-state index contributed by atoms with van der Waals surface area (Å²) in [6, 6.07) is 43.6. The van der Waals surface area contributed by atoms with Gasteiger partial charge in [-0.25, -0.2) is 0 Å². The van der Waals surface area contributed by atoms with E-state index in [2.05, 4.69) is 83.4 Å². The highest BCUT2D eigenvalue weighted by atomic mass is 16.3. The van der Waals surface area contributed by atoms with Crippen molar-refractivity contribution in [3.8, 4) is 22.9 Å². The molecule has 0 atom stereocenters. The molecule has 0 aliphatic carbocycles. The Kier molecular flexibility index (Phi) is 4.37. The van der Waals surface area contributed by atoms with Gasteiger partial charge in [0.05, 0.1) is 33.7 Å². The number of furan rings is 2. The van der Waals surface area contributed by atoms with Gasteiger partial charge in [-0.1, -0.05) is 66.7 Å². The summed E-state index contributed by atoms with van der Waals surface area (Å²) >= 11 is 0. The minimum absolute atomic E-state index is 0.616. The second-order valence-corrected chi connectivity index (χ2v) is 10.4. The maximum atomic E-state index is 10.4. The minimum atomic E-state index is 0.616. The average Bonchev–Trinajstić information content (AvgIpc) is 3.69. The summed E-state index contributed by atoms with van der Waals surface area (Å²) in [5, 5.41) is 16.9. The molecule has 3 heterocycles. The van der Waals surface area contributed by atoms with E-state index < -0.39 is 0 Å². The lowest BCUT2D eigenvalue weighted by atomic mass is 9.96. The van der Waals surface area contributed by atoms with E-state index in [1.807, 2.05) is 48.5 Å². The van der Waals surface area contributed by atoms with E-state index >= 15 is 0 Å². The van der Waals surface area contributed by atoms with Crippen molar-refractivity contribution in [3.05, 3.63) is 127 Å². The van der Waals surface area contributed by atoms with Crippen molar-refractivity contribution in [1.29, 1.82) is 5.26 Å². The third-order valence-electron chi connectivity index (χ3n) is 8.24. The number of nitrogens with zero attached hydrogens (tertiary/aromatic N) is 2. The Morgan fingerprint density at radius 1 is 0.537 bits per heavy atom. The van der Waals surface area contributed by atoms with E-state index in [0.717, 1.165) is 82.5 Å². The predicted molar refractivity (Wildman–Crippen MR) is 165 cm³/mol. The van der Waals surface area contributed by atoms with Crippen molar-refractivity contribution in [2.45, 2.75) is 0 Å². The Morgan fingerprint density at radius 3 is 2.07 bits per heavy atom. The highest BCUT2D eigenvalue weighted by molar-refractivity contribution is 6.24. The number of nitriles is 1. The third kappa shape index (κ3) is 2.98. The Bertz CT molecular complexity index is 2550. The highest BCUT2D eigenvalue weighted by Gasteiger charge is 2.22. The molecule has 190 valence electrons. The SMILES string of the molecule is N#Cc1cccc(-n2c3ccccc3c3ccc4oc5ccccc5c4c32)c1-c1ccc2oc3ccccc3c2c1. The maximum absolute atomic E-state index is 10.4. The molecule has 0 fully saturated rings. The lowest BCUT2D eigenvalue weighted by molar-refractivity contribution is 0.668. The Labute approximate surface area is 233 Å². The molecule has 0 unspecified atom stereocenters. The molecule has 0 spiro atoms. The Morgan fingerprint density at radius 2 is 1.22 bits per heavy atom. The van der Waals surface area contributed by atoms with E-state index in [1.165, 1.54) is 0 Å². The van der Waals surface area contributed by atoms with Crippen LogP contribution < -0.4 is 0 Å². The van der Waals surface area contributed by atoms with Crippen LogP contribution in [0, 0.1) is 11.3 Å². The molecule has 0 amide bonds. The molecule has 9 rings (SSSR count). The van der Waals surface area contributed by atoms with E-state index in [-0.39, 0.29) is 0 Å². The van der Waals surface area contributed by atoms with Crippen molar-refractivity contribution < 1.29 is 8.83 Å². The van der Waals surface area contributed by atoms with E-state index in [1.54, 1.807) is 0 Å². The van der Waals surface area contributed by atoms with Crippen LogP contribution in [0.25, 0.3) is 82.5 Å². The number of rotatable bonds is 2. The molecule has 0 N–H and O–H groups in total.